The van der Waals surface area contributed by atoms with Crippen LogP contribution in [0.1, 0.15) is 54.8 Å². The molecule has 0 radical (unpaired) electrons. The lowest BCUT2D eigenvalue weighted by atomic mass is 9.75. The first-order chi connectivity index (χ1) is 16.1. The summed E-state index contributed by atoms with van der Waals surface area (Å²) in [7, 11) is 0. The van der Waals surface area contributed by atoms with Gasteiger partial charge in [0.05, 0.1) is 19.2 Å². The molecular weight excluding hydrogens is 412 g/mol. The van der Waals surface area contributed by atoms with Crippen molar-refractivity contribution in [1.29, 1.82) is 5.26 Å². The normalized spacial score (nSPS) is 19.0. The Hall–Kier alpha value is -3.42. The molecule has 1 aliphatic rings. The van der Waals surface area contributed by atoms with E-state index in [0.717, 1.165) is 29.5 Å². The lowest BCUT2D eigenvalue weighted by Crippen LogP contribution is -2.40. The van der Waals surface area contributed by atoms with Gasteiger partial charge in [-0.3, -0.25) is 0 Å². The van der Waals surface area contributed by atoms with Crippen molar-refractivity contribution in [2.45, 2.75) is 43.9 Å². The summed E-state index contributed by atoms with van der Waals surface area (Å²) in [5.41, 5.74) is 4.49. The number of hydrogen-bond acceptors (Lipinski definition) is 5. The molecular formula is C27H28N4O2. The van der Waals surface area contributed by atoms with E-state index in [4.69, 9.17) is 5.26 Å². The van der Waals surface area contributed by atoms with Crippen LogP contribution in [0.4, 0.5) is 0 Å². The molecule has 1 aromatic heterocycles. The topological polar surface area (TPSA) is 94.1 Å². The molecule has 0 spiro atoms. The van der Waals surface area contributed by atoms with Gasteiger partial charge in [0.25, 0.3) is 0 Å². The molecule has 0 amide bonds. The Morgan fingerprint density at radius 1 is 1.12 bits per heavy atom. The smallest absolute Gasteiger partial charge is 0.138 e. The Balaban J connectivity index is 1.40. The fourth-order valence-electron chi connectivity index (χ4n) is 4.22. The van der Waals surface area contributed by atoms with Crippen molar-refractivity contribution >= 4 is 0 Å². The van der Waals surface area contributed by atoms with Crippen molar-refractivity contribution < 1.29 is 10.2 Å². The molecule has 6 heteroatoms. The molecule has 4 rings (SSSR count). The first kappa shape index (κ1) is 22.8. The van der Waals surface area contributed by atoms with Gasteiger partial charge in [-0.2, -0.15) is 5.26 Å². The van der Waals surface area contributed by atoms with E-state index in [-0.39, 0.29) is 6.61 Å². The average molecular weight is 441 g/mol. The van der Waals surface area contributed by atoms with Crippen LogP contribution in [0, 0.1) is 23.2 Å². The summed E-state index contributed by atoms with van der Waals surface area (Å²) in [4.78, 5) is 4.15. The lowest BCUT2D eigenvalue weighted by molar-refractivity contribution is 0.176. The molecule has 1 fully saturated rings. The fourth-order valence-corrected chi connectivity index (χ4v) is 4.22. The second-order valence-electron chi connectivity index (χ2n) is 8.44. The maximum Gasteiger partial charge on any atom is 0.138 e. The summed E-state index contributed by atoms with van der Waals surface area (Å²) in [5.74, 6) is 7.25. The van der Waals surface area contributed by atoms with Crippen molar-refractivity contribution in [2.75, 3.05) is 13.2 Å². The van der Waals surface area contributed by atoms with Crippen LogP contribution in [-0.2, 0) is 0 Å². The van der Waals surface area contributed by atoms with Crippen molar-refractivity contribution in [3.05, 3.63) is 77.9 Å². The largest absolute Gasteiger partial charge is 0.393 e. The second-order valence-corrected chi connectivity index (χ2v) is 8.44. The number of imidazole rings is 1. The first-order valence-corrected chi connectivity index (χ1v) is 11.2. The molecule has 168 valence electrons. The zero-order valence-corrected chi connectivity index (χ0v) is 18.6. The van der Waals surface area contributed by atoms with E-state index < -0.39 is 12.1 Å². The van der Waals surface area contributed by atoms with E-state index in [2.05, 4.69) is 64.6 Å². The summed E-state index contributed by atoms with van der Waals surface area (Å²) >= 11 is 0. The van der Waals surface area contributed by atoms with Crippen molar-refractivity contribution in [1.82, 2.24) is 14.9 Å². The van der Waals surface area contributed by atoms with Gasteiger partial charge < -0.3 is 20.1 Å². The van der Waals surface area contributed by atoms with E-state index >= 15 is 0 Å². The average Bonchev–Trinajstić information content (AvgIpc) is 3.30. The van der Waals surface area contributed by atoms with E-state index in [1.54, 1.807) is 23.9 Å². The maximum atomic E-state index is 9.84. The predicted molar refractivity (Wildman–Crippen MR) is 127 cm³/mol. The predicted octanol–water partition coefficient (Wildman–Crippen LogP) is 3.55. The number of nitrogens with zero attached hydrogens (tertiary/aromatic N) is 3. The van der Waals surface area contributed by atoms with Crippen LogP contribution in [-0.4, -0.2) is 39.0 Å². The quantitative estimate of drug-likeness (QED) is 0.386. The molecule has 2 aromatic carbocycles. The molecule has 0 unspecified atom stereocenters. The number of aromatic nitrogens is 2. The van der Waals surface area contributed by atoms with Crippen LogP contribution in [0.3, 0.4) is 0 Å². The van der Waals surface area contributed by atoms with E-state index in [1.807, 2.05) is 12.1 Å². The number of nitrogens with one attached hydrogen (secondary N) is 1. The van der Waals surface area contributed by atoms with Crippen molar-refractivity contribution in [3.8, 4) is 29.0 Å². The number of aliphatic hydroxyl groups is 2. The van der Waals surface area contributed by atoms with Gasteiger partial charge in [0.15, 0.2) is 0 Å². The molecule has 0 bridgehead atoms. The summed E-state index contributed by atoms with van der Waals surface area (Å²) in [6.07, 6.45) is 4.76. The third-order valence-electron chi connectivity index (χ3n) is 6.17. The van der Waals surface area contributed by atoms with Crippen molar-refractivity contribution in [2.24, 2.45) is 0 Å². The summed E-state index contributed by atoms with van der Waals surface area (Å²) in [6, 6.07) is 18.9. The fraction of sp³-hybridized carbons (Fsp3) is 0.333. The molecule has 0 aliphatic heterocycles. The van der Waals surface area contributed by atoms with Crippen LogP contribution in [0.25, 0.3) is 11.1 Å². The van der Waals surface area contributed by atoms with E-state index in [9.17, 15) is 10.2 Å². The molecule has 2 atom stereocenters. The molecule has 1 aliphatic carbocycles. The van der Waals surface area contributed by atoms with Gasteiger partial charge in [-0.1, -0.05) is 48.2 Å². The Morgan fingerprint density at radius 2 is 1.79 bits per heavy atom. The summed E-state index contributed by atoms with van der Waals surface area (Å²) < 4.78 is 1.71. The highest BCUT2D eigenvalue weighted by Gasteiger charge is 2.29. The monoisotopic (exact) mass is 440 g/mol. The van der Waals surface area contributed by atoms with Gasteiger partial charge in [-0.05, 0) is 54.5 Å². The number of hydrogen-bond donors (Lipinski definition) is 3. The number of aliphatic hydroxyl groups excluding tert-OH is 2. The Kier molecular flexibility index (Phi) is 7.22. The Bertz CT molecular complexity index is 1160. The highest BCUT2D eigenvalue weighted by molar-refractivity contribution is 5.64. The van der Waals surface area contributed by atoms with Crippen molar-refractivity contribution in [3.63, 3.8) is 0 Å². The highest BCUT2D eigenvalue weighted by Crippen LogP contribution is 2.37. The lowest BCUT2D eigenvalue weighted by Gasteiger charge is -2.36. The standard InChI is InChI=1S/C27H28N4O2/c1-19(33)27-30-14-15-31(27)26(18-32)11-4-20-2-5-21(6-3-20)22-7-9-23(10-8-22)24-16-25(17-24)29-13-12-28/h2-3,5-10,14-15,19,24-26,29,32-33H,13,16-18H2,1H3/t19-,24?,25?,26-/m0/s1. The SMILES string of the molecule is C[C@H](O)c1nccn1[C@@H](C#Cc1ccc(-c2ccc(C3CC(NCC#N)C3)cc2)cc1)CO. The molecule has 3 aromatic rings. The van der Waals surface area contributed by atoms with Gasteiger partial charge in [0, 0.05) is 24.0 Å². The highest BCUT2D eigenvalue weighted by atomic mass is 16.3. The molecule has 6 nitrogen and oxygen atoms in total. The minimum absolute atomic E-state index is 0.163. The van der Waals surface area contributed by atoms with Gasteiger partial charge in [0.1, 0.15) is 18.0 Å². The van der Waals surface area contributed by atoms with Crippen LogP contribution in [0.15, 0.2) is 60.9 Å². The number of benzene rings is 2. The maximum absolute atomic E-state index is 9.84. The van der Waals surface area contributed by atoms with Crippen LogP contribution in [0.5, 0.6) is 0 Å². The van der Waals surface area contributed by atoms with Crippen LogP contribution in [0.2, 0.25) is 0 Å². The Labute approximate surface area is 194 Å². The molecule has 3 N–H and O–H groups in total. The molecule has 0 saturated heterocycles. The van der Waals surface area contributed by atoms with Crippen LogP contribution < -0.4 is 5.32 Å². The minimum Gasteiger partial charge on any atom is -0.393 e. The molecule has 33 heavy (non-hydrogen) atoms. The molecule has 1 saturated carbocycles. The van der Waals surface area contributed by atoms with E-state index in [0.29, 0.717) is 24.3 Å². The van der Waals surface area contributed by atoms with Gasteiger partial charge in [0.2, 0.25) is 0 Å². The van der Waals surface area contributed by atoms with Gasteiger partial charge in [-0.15, -0.1) is 0 Å². The number of rotatable bonds is 7. The van der Waals surface area contributed by atoms with Gasteiger partial charge in [-0.25, -0.2) is 4.98 Å². The third-order valence-corrected chi connectivity index (χ3v) is 6.17. The Morgan fingerprint density at radius 3 is 2.39 bits per heavy atom. The second kappa shape index (κ2) is 10.5. The van der Waals surface area contributed by atoms with Crippen LogP contribution >= 0.6 is 0 Å². The van der Waals surface area contributed by atoms with E-state index in [1.165, 1.54) is 5.56 Å². The molecule has 1 heterocycles. The summed E-state index contributed by atoms with van der Waals surface area (Å²) in [5, 5.41) is 31.5. The zero-order chi connectivity index (χ0) is 23.2. The first-order valence-electron chi connectivity index (χ1n) is 11.2. The number of nitriles is 1. The zero-order valence-electron chi connectivity index (χ0n) is 18.6. The third kappa shape index (κ3) is 5.32. The minimum atomic E-state index is -0.729. The summed E-state index contributed by atoms with van der Waals surface area (Å²) in [6.45, 7) is 1.90. The van der Waals surface area contributed by atoms with Gasteiger partial charge >= 0.3 is 0 Å².